The minimum Gasteiger partial charge on any atom is -0.497 e. The molecule has 0 aliphatic rings. The molecule has 2 rings (SSSR count). The van der Waals surface area contributed by atoms with Gasteiger partial charge in [0.2, 0.25) is 5.75 Å². The molecular formula is C18H21NO6. The first-order chi connectivity index (χ1) is 12.1. The summed E-state index contributed by atoms with van der Waals surface area (Å²) in [6, 6.07) is 10.3. The van der Waals surface area contributed by atoms with E-state index in [9.17, 15) is 4.79 Å². The summed E-state index contributed by atoms with van der Waals surface area (Å²) < 4.78 is 26.4. The summed E-state index contributed by atoms with van der Waals surface area (Å²) in [5.41, 5.74) is 0.488. The molecule has 2 aromatic rings. The number of carbonyl (C=O) groups excluding carboxylic acids is 1. The number of para-hydroxylation sites is 1. The fraction of sp³-hybridized carbons (Fsp3) is 0.278. The summed E-state index contributed by atoms with van der Waals surface area (Å²) in [6.45, 7) is -0.225. The van der Waals surface area contributed by atoms with Crippen LogP contribution in [0.1, 0.15) is 0 Å². The van der Waals surface area contributed by atoms with Crippen molar-refractivity contribution in [2.45, 2.75) is 0 Å². The van der Waals surface area contributed by atoms with Gasteiger partial charge < -0.3 is 29.0 Å². The normalized spacial score (nSPS) is 9.92. The summed E-state index contributed by atoms with van der Waals surface area (Å²) in [4.78, 5) is 12.2. The maximum Gasteiger partial charge on any atom is 0.262 e. The molecule has 0 saturated heterocycles. The minimum absolute atomic E-state index is 0.225. The second-order valence-corrected chi connectivity index (χ2v) is 4.89. The van der Waals surface area contributed by atoms with Crippen molar-refractivity contribution in [3.05, 3.63) is 36.4 Å². The molecule has 0 aliphatic heterocycles. The molecule has 7 nitrogen and oxygen atoms in total. The first kappa shape index (κ1) is 18.3. The van der Waals surface area contributed by atoms with Crippen LogP contribution in [0.5, 0.6) is 28.7 Å². The third kappa shape index (κ3) is 4.47. The van der Waals surface area contributed by atoms with Crippen molar-refractivity contribution in [1.82, 2.24) is 0 Å². The maximum absolute atomic E-state index is 12.2. The van der Waals surface area contributed by atoms with Crippen molar-refractivity contribution in [2.75, 3.05) is 40.4 Å². The maximum atomic E-state index is 12.2. The lowest BCUT2D eigenvalue weighted by Gasteiger charge is -2.15. The summed E-state index contributed by atoms with van der Waals surface area (Å²) in [7, 11) is 6.10. The average molecular weight is 347 g/mol. The minimum atomic E-state index is -0.362. The van der Waals surface area contributed by atoms with Crippen LogP contribution in [-0.4, -0.2) is 41.0 Å². The predicted molar refractivity (Wildman–Crippen MR) is 93.2 cm³/mol. The Hall–Kier alpha value is -3.09. The number of benzene rings is 2. The smallest absolute Gasteiger partial charge is 0.262 e. The molecule has 0 bridgehead atoms. The molecule has 0 radical (unpaired) electrons. The van der Waals surface area contributed by atoms with Gasteiger partial charge in [-0.25, -0.2) is 0 Å². The van der Waals surface area contributed by atoms with E-state index in [1.54, 1.807) is 43.5 Å². The van der Waals surface area contributed by atoms with E-state index in [1.807, 2.05) is 0 Å². The van der Waals surface area contributed by atoms with E-state index < -0.39 is 0 Å². The molecule has 0 heterocycles. The number of rotatable bonds is 8. The third-order valence-corrected chi connectivity index (χ3v) is 3.41. The summed E-state index contributed by atoms with van der Waals surface area (Å²) >= 11 is 0. The molecule has 0 unspecified atom stereocenters. The van der Waals surface area contributed by atoms with Crippen molar-refractivity contribution < 1.29 is 28.5 Å². The van der Waals surface area contributed by atoms with E-state index in [-0.39, 0.29) is 12.5 Å². The molecule has 1 N–H and O–H groups in total. The van der Waals surface area contributed by atoms with Crippen molar-refractivity contribution in [3.63, 3.8) is 0 Å². The quantitative estimate of drug-likeness (QED) is 0.791. The van der Waals surface area contributed by atoms with E-state index in [0.717, 1.165) is 0 Å². The van der Waals surface area contributed by atoms with Crippen molar-refractivity contribution in [1.29, 1.82) is 0 Å². The van der Waals surface area contributed by atoms with Crippen LogP contribution >= 0.6 is 0 Å². The highest BCUT2D eigenvalue weighted by Crippen LogP contribution is 2.36. The molecule has 0 spiro atoms. The topological polar surface area (TPSA) is 75.3 Å². The van der Waals surface area contributed by atoms with Crippen LogP contribution in [0.2, 0.25) is 0 Å². The zero-order chi connectivity index (χ0) is 18.2. The van der Waals surface area contributed by atoms with Crippen molar-refractivity contribution in [2.24, 2.45) is 0 Å². The monoisotopic (exact) mass is 347 g/mol. The Morgan fingerprint density at radius 2 is 1.52 bits per heavy atom. The van der Waals surface area contributed by atoms with E-state index in [2.05, 4.69) is 5.32 Å². The Morgan fingerprint density at radius 1 is 0.880 bits per heavy atom. The largest absolute Gasteiger partial charge is 0.497 e. The predicted octanol–water partition coefficient (Wildman–Crippen LogP) is 2.74. The lowest BCUT2D eigenvalue weighted by molar-refractivity contribution is -0.118. The van der Waals surface area contributed by atoms with Gasteiger partial charge in [-0.05, 0) is 24.3 Å². The van der Waals surface area contributed by atoms with E-state index in [4.69, 9.17) is 23.7 Å². The molecule has 2 aromatic carbocycles. The van der Waals surface area contributed by atoms with Crippen LogP contribution in [0.15, 0.2) is 36.4 Å². The molecule has 1 amide bonds. The highest BCUT2D eigenvalue weighted by Gasteiger charge is 2.14. The van der Waals surface area contributed by atoms with Crippen LogP contribution in [0.4, 0.5) is 5.69 Å². The Balaban J connectivity index is 2.09. The Kier molecular flexibility index (Phi) is 6.33. The van der Waals surface area contributed by atoms with Crippen LogP contribution in [0.25, 0.3) is 0 Å². The molecule has 0 saturated carbocycles. The number of anilines is 1. The van der Waals surface area contributed by atoms with Gasteiger partial charge in [0.05, 0.1) is 34.1 Å². The summed E-state index contributed by atoms with van der Waals surface area (Å²) in [5.74, 6) is 2.07. The molecular weight excluding hydrogens is 326 g/mol. The summed E-state index contributed by atoms with van der Waals surface area (Å²) in [5, 5.41) is 2.73. The van der Waals surface area contributed by atoms with Gasteiger partial charge in [0, 0.05) is 6.07 Å². The standard InChI is InChI=1S/C18H21NO6/c1-21-12-8-9-14(22-2)13(10-12)19-17(20)11-25-18-15(23-3)6-5-7-16(18)24-4/h5-10H,11H2,1-4H3,(H,19,20). The van der Waals surface area contributed by atoms with Gasteiger partial charge >= 0.3 is 0 Å². The number of nitrogens with one attached hydrogen (secondary N) is 1. The van der Waals surface area contributed by atoms with Gasteiger partial charge in [-0.15, -0.1) is 0 Å². The molecule has 0 atom stereocenters. The number of hydrogen-bond donors (Lipinski definition) is 1. The average Bonchev–Trinajstić information content (AvgIpc) is 2.65. The lowest BCUT2D eigenvalue weighted by atomic mass is 10.2. The highest BCUT2D eigenvalue weighted by molar-refractivity contribution is 5.93. The fourth-order valence-electron chi connectivity index (χ4n) is 2.20. The van der Waals surface area contributed by atoms with E-state index in [0.29, 0.717) is 34.4 Å². The highest BCUT2D eigenvalue weighted by atomic mass is 16.5. The van der Waals surface area contributed by atoms with E-state index >= 15 is 0 Å². The van der Waals surface area contributed by atoms with Gasteiger partial charge in [0.1, 0.15) is 11.5 Å². The van der Waals surface area contributed by atoms with Gasteiger partial charge in [0.25, 0.3) is 5.91 Å². The molecule has 25 heavy (non-hydrogen) atoms. The Bertz CT molecular complexity index is 709. The molecule has 0 fully saturated rings. The Labute approximate surface area is 146 Å². The van der Waals surface area contributed by atoms with Crippen LogP contribution in [-0.2, 0) is 4.79 Å². The second-order valence-electron chi connectivity index (χ2n) is 4.89. The Morgan fingerprint density at radius 3 is 2.08 bits per heavy atom. The SMILES string of the molecule is COc1ccc(OC)c(NC(=O)COc2c(OC)cccc2OC)c1. The van der Waals surface area contributed by atoms with Gasteiger partial charge in [-0.3, -0.25) is 4.79 Å². The lowest BCUT2D eigenvalue weighted by Crippen LogP contribution is -2.21. The number of ether oxygens (including phenoxy) is 5. The second kappa shape index (κ2) is 8.68. The van der Waals surface area contributed by atoms with Gasteiger partial charge in [-0.1, -0.05) is 6.07 Å². The van der Waals surface area contributed by atoms with E-state index in [1.165, 1.54) is 21.3 Å². The zero-order valence-corrected chi connectivity index (χ0v) is 14.6. The van der Waals surface area contributed by atoms with Crippen LogP contribution in [0, 0.1) is 0 Å². The zero-order valence-electron chi connectivity index (χ0n) is 14.6. The molecule has 7 heteroatoms. The van der Waals surface area contributed by atoms with Crippen LogP contribution < -0.4 is 29.0 Å². The summed E-state index contributed by atoms with van der Waals surface area (Å²) in [6.07, 6.45) is 0. The molecule has 0 aliphatic carbocycles. The molecule has 134 valence electrons. The van der Waals surface area contributed by atoms with Gasteiger partial charge in [0.15, 0.2) is 18.1 Å². The number of methoxy groups -OCH3 is 4. The first-order valence-electron chi connectivity index (χ1n) is 7.48. The number of carbonyl (C=O) groups is 1. The number of amides is 1. The van der Waals surface area contributed by atoms with Crippen molar-refractivity contribution in [3.8, 4) is 28.7 Å². The number of hydrogen-bond acceptors (Lipinski definition) is 6. The first-order valence-corrected chi connectivity index (χ1v) is 7.48. The molecule has 0 aromatic heterocycles. The third-order valence-electron chi connectivity index (χ3n) is 3.41. The van der Waals surface area contributed by atoms with Crippen molar-refractivity contribution >= 4 is 11.6 Å². The van der Waals surface area contributed by atoms with Gasteiger partial charge in [-0.2, -0.15) is 0 Å². The fourth-order valence-corrected chi connectivity index (χ4v) is 2.20. The van der Waals surface area contributed by atoms with Crippen LogP contribution in [0.3, 0.4) is 0 Å².